The molecule has 0 fully saturated rings. The van der Waals surface area contributed by atoms with E-state index in [2.05, 4.69) is 22.8 Å². The Labute approximate surface area is 190 Å². The van der Waals surface area contributed by atoms with Crippen LogP contribution in [0.25, 0.3) is 27.5 Å². The first-order chi connectivity index (χ1) is 16.1. The van der Waals surface area contributed by atoms with Gasteiger partial charge in [-0.15, -0.1) is 0 Å². The zero-order valence-electron chi connectivity index (χ0n) is 18.2. The lowest BCUT2D eigenvalue weighted by atomic mass is 10.1. The minimum absolute atomic E-state index is 0.308. The topological polar surface area (TPSA) is 51.5 Å². The van der Waals surface area contributed by atoms with Gasteiger partial charge in [0.25, 0.3) is 11.8 Å². The van der Waals surface area contributed by atoms with Crippen LogP contribution in [0.2, 0.25) is 0 Å². The molecule has 6 rings (SSSR count). The van der Waals surface area contributed by atoms with Gasteiger partial charge >= 0.3 is 0 Å². The van der Waals surface area contributed by atoms with Gasteiger partial charge in [0.05, 0.1) is 40.6 Å². The predicted octanol–water partition coefficient (Wildman–Crippen LogP) is 5.90. The van der Waals surface area contributed by atoms with Crippen molar-refractivity contribution in [2.45, 2.75) is 6.92 Å². The molecule has 5 nitrogen and oxygen atoms in total. The maximum atomic E-state index is 13.7. The standard InChI is InChI=1S/C28H20N2O3/c1-17-11-13-20-21-14-12-19(33-2)16-25(21)30(24(20)15-17)23-10-6-9-22-26(23)28(32)29(27(22)31)18-7-4-3-5-8-18/h3-16H,1-2H3. The number of carbonyl (C=O) groups excluding carboxylic acids is 2. The molecular weight excluding hydrogens is 412 g/mol. The second-order valence-electron chi connectivity index (χ2n) is 8.22. The number of carbonyl (C=O) groups is 2. The molecule has 160 valence electrons. The summed E-state index contributed by atoms with van der Waals surface area (Å²) in [5.74, 6) is 0.101. The van der Waals surface area contributed by atoms with Crippen LogP contribution >= 0.6 is 0 Å². The second-order valence-corrected chi connectivity index (χ2v) is 8.22. The number of para-hydroxylation sites is 1. The first-order valence-corrected chi connectivity index (χ1v) is 10.7. The summed E-state index contributed by atoms with van der Waals surface area (Å²) in [6.07, 6.45) is 0. The van der Waals surface area contributed by atoms with E-state index >= 15 is 0 Å². The number of amides is 2. The number of ether oxygens (including phenoxy) is 1. The molecule has 0 radical (unpaired) electrons. The van der Waals surface area contributed by atoms with Crippen LogP contribution in [-0.2, 0) is 0 Å². The molecule has 0 unspecified atom stereocenters. The highest BCUT2D eigenvalue weighted by atomic mass is 16.5. The molecule has 1 aliphatic heterocycles. The van der Waals surface area contributed by atoms with Crippen LogP contribution in [0, 0.1) is 6.92 Å². The van der Waals surface area contributed by atoms with E-state index in [0.717, 1.165) is 33.1 Å². The Morgan fingerprint density at radius 1 is 0.727 bits per heavy atom. The Morgan fingerprint density at radius 3 is 2.21 bits per heavy atom. The van der Waals surface area contributed by atoms with Crippen molar-refractivity contribution in [2.75, 3.05) is 12.0 Å². The zero-order chi connectivity index (χ0) is 22.7. The van der Waals surface area contributed by atoms with Crippen LogP contribution in [-0.4, -0.2) is 23.5 Å². The quantitative estimate of drug-likeness (QED) is 0.334. The SMILES string of the molecule is COc1ccc2c3ccc(C)cc3n(-c3cccc4c3C(=O)N(c3ccccc3)C4=O)c2c1. The monoisotopic (exact) mass is 432 g/mol. The Kier molecular flexibility index (Phi) is 4.14. The summed E-state index contributed by atoms with van der Waals surface area (Å²) in [4.78, 5) is 28.2. The Bertz CT molecular complexity index is 1600. The number of benzene rings is 4. The van der Waals surface area contributed by atoms with Crippen LogP contribution in [0.3, 0.4) is 0 Å². The van der Waals surface area contributed by atoms with E-state index in [9.17, 15) is 9.59 Å². The molecular formula is C28H20N2O3. The average Bonchev–Trinajstić information content (AvgIpc) is 3.29. The van der Waals surface area contributed by atoms with Gasteiger partial charge < -0.3 is 9.30 Å². The van der Waals surface area contributed by atoms with Gasteiger partial charge in [-0.3, -0.25) is 9.59 Å². The summed E-state index contributed by atoms with van der Waals surface area (Å²) >= 11 is 0. The van der Waals surface area contributed by atoms with Gasteiger partial charge in [-0.1, -0.05) is 36.4 Å². The van der Waals surface area contributed by atoms with Crippen LogP contribution in [0.4, 0.5) is 5.69 Å². The lowest BCUT2D eigenvalue weighted by Gasteiger charge is -2.14. The average molecular weight is 432 g/mol. The summed E-state index contributed by atoms with van der Waals surface area (Å²) in [6, 6.07) is 26.7. The van der Waals surface area contributed by atoms with E-state index in [-0.39, 0.29) is 11.8 Å². The van der Waals surface area contributed by atoms with Gasteiger partial charge in [0.15, 0.2) is 0 Å². The van der Waals surface area contributed by atoms with Crippen LogP contribution in [0.5, 0.6) is 5.75 Å². The number of methoxy groups -OCH3 is 1. The van der Waals surface area contributed by atoms with Crippen molar-refractivity contribution in [3.63, 3.8) is 0 Å². The highest BCUT2D eigenvalue weighted by Crippen LogP contribution is 2.38. The maximum absolute atomic E-state index is 13.7. The summed E-state index contributed by atoms with van der Waals surface area (Å²) in [5.41, 5.74) is 5.07. The second kappa shape index (κ2) is 7.07. The molecule has 0 N–H and O–H groups in total. The fraction of sp³-hybridized carbons (Fsp3) is 0.0714. The molecule has 5 heteroatoms. The number of anilines is 1. The summed E-state index contributed by atoms with van der Waals surface area (Å²) in [6.45, 7) is 2.04. The van der Waals surface area contributed by atoms with Crippen molar-refractivity contribution in [3.8, 4) is 11.4 Å². The van der Waals surface area contributed by atoms with Crippen molar-refractivity contribution < 1.29 is 14.3 Å². The third-order valence-corrected chi connectivity index (χ3v) is 6.28. The molecule has 33 heavy (non-hydrogen) atoms. The van der Waals surface area contributed by atoms with Gasteiger partial charge in [-0.2, -0.15) is 0 Å². The molecule has 2 heterocycles. The van der Waals surface area contributed by atoms with E-state index in [1.54, 1.807) is 25.3 Å². The lowest BCUT2D eigenvalue weighted by molar-refractivity contribution is 0.0926. The van der Waals surface area contributed by atoms with Gasteiger partial charge in [-0.05, 0) is 55.0 Å². The molecule has 0 saturated carbocycles. The molecule has 0 saturated heterocycles. The molecule has 1 aromatic heterocycles. The van der Waals surface area contributed by atoms with E-state index in [1.165, 1.54) is 4.90 Å². The Balaban J connectivity index is 1.68. The van der Waals surface area contributed by atoms with E-state index in [0.29, 0.717) is 22.5 Å². The number of aryl methyl sites for hydroxylation is 1. The molecule has 0 aliphatic carbocycles. The van der Waals surface area contributed by atoms with E-state index < -0.39 is 0 Å². The highest BCUT2D eigenvalue weighted by Gasteiger charge is 2.39. The minimum Gasteiger partial charge on any atom is -0.497 e. The van der Waals surface area contributed by atoms with Gasteiger partial charge in [0, 0.05) is 16.8 Å². The fourth-order valence-electron chi connectivity index (χ4n) is 4.76. The third-order valence-electron chi connectivity index (χ3n) is 6.28. The van der Waals surface area contributed by atoms with E-state index in [1.807, 2.05) is 55.5 Å². The molecule has 0 atom stereocenters. The van der Waals surface area contributed by atoms with Crippen LogP contribution in [0.15, 0.2) is 84.9 Å². The summed E-state index contributed by atoms with van der Waals surface area (Å²) in [7, 11) is 1.64. The predicted molar refractivity (Wildman–Crippen MR) is 130 cm³/mol. The molecule has 5 aromatic rings. The largest absolute Gasteiger partial charge is 0.497 e. The summed E-state index contributed by atoms with van der Waals surface area (Å²) in [5, 5.41) is 2.13. The fourth-order valence-corrected chi connectivity index (χ4v) is 4.76. The zero-order valence-corrected chi connectivity index (χ0v) is 18.2. The first kappa shape index (κ1) is 19.3. The number of aromatic nitrogens is 1. The number of fused-ring (bicyclic) bond motifs is 4. The molecule has 2 amide bonds. The van der Waals surface area contributed by atoms with Crippen molar-refractivity contribution in [2.24, 2.45) is 0 Å². The number of nitrogens with zero attached hydrogens (tertiary/aromatic N) is 2. The number of hydrogen-bond acceptors (Lipinski definition) is 3. The molecule has 0 spiro atoms. The molecule has 4 aromatic carbocycles. The molecule has 0 bridgehead atoms. The van der Waals surface area contributed by atoms with Crippen molar-refractivity contribution in [3.05, 3.63) is 102 Å². The first-order valence-electron chi connectivity index (χ1n) is 10.7. The van der Waals surface area contributed by atoms with Crippen molar-refractivity contribution >= 4 is 39.3 Å². The maximum Gasteiger partial charge on any atom is 0.268 e. The van der Waals surface area contributed by atoms with Crippen LogP contribution in [0.1, 0.15) is 26.3 Å². The van der Waals surface area contributed by atoms with Gasteiger partial charge in [-0.25, -0.2) is 4.90 Å². The normalized spacial score (nSPS) is 13.2. The Hall–Kier alpha value is -4.38. The van der Waals surface area contributed by atoms with E-state index in [4.69, 9.17) is 4.74 Å². The lowest BCUT2D eigenvalue weighted by Crippen LogP contribution is -2.29. The Morgan fingerprint density at radius 2 is 1.45 bits per heavy atom. The van der Waals surface area contributed by atoms with Gasteiger partial charge in [0.1, 0.15) is 5.75 Å². The van der Waals surface area contributed by atoms with Crippen LogP contribution < -0.4 is 9.64 Å². The van der Waals surface area contributed by atoms with Crippen molar-refractivity contribution in [1.29, 1.82) is 0 Å². The third kappa shape index (κ3) is 2.72. The number of hydrogen-bond donors (Lipinski definition) is 0. The number of rotatable bonds is 3. The van der Waals surface area contributed by atoms with Gasteiger partial charge in [0.2, 0.25) is 0 Å². The number of imide groups is 1. The van der Waals surface area contributed by atoms with Crippen molar-refractivity contribution in [1.82, 2.24) is 4.57 Å². The highest BCUT2D eigenvalue weighted by molar-refractivity contribution is 6.35. The molecule has 1 aliphatic rings. The summed E-state index contributed by atoms with van der Waals surface area (Å²) < 4.78 is 7.56. The smallest absolute Gasteiger partial charge is 0.268 e. The minimum atomic E-state index is -0.317.